The van der Waals surface area contributed by atoms with E-state index in [0.29, 0.717) is 34.6 Å². The summed E-state index contributed by atoms with van der Waals surface area (Å²) in [5.41, 5.74) is 4.64. The molecular weight excluding hydrogens is 601 g/mol. The molecule has 9 nitrogen and oxygen atoms in total. The Labute approximate surface area is 254 Å². The molecule has 3 aromatic carbocycles. The normalized spacial score (nSPS) is 22.5. The summed E-state index contributed by atoms with van der Waals surface area (Å²) in [6, 6.07) is 16.2. The Kier molecular flexibility index (Phi) is 9.10. The topological polar surface area (TPSA) is 125 Å². The first-order valence-electron chi connectivity index (χ1n) is 13.6. The number of aromatic hydroxyl groups is 1. The average molecular weight is 633 g/mol. The molecule has 0 saturated heterocycles. The zero-order valence-electron chi connectivity index (χ0n) is 22.8. The molecule has 4 atom stereocenters. The van der Waals surface area contributed by atoms with Crippen molar-refractivity contribution in [2.45, 2.75) is 56.3 Å². The first-order valence-corrected chi connectivity index (χ1v) is 16.2. The van der Waals surface area contributed by atoms with Crippen LogP contribution in [0.3, 0.4) is 0 Å². The Hall–Kier alpha value is -3.15. The SMILES string of the molecule is CS(=O)(=O)N[C@H]1CCCCC1N1C(=O)c2ccccc2[C@@H](C(=O)NOCc2ccc(O)cc2)[C@@H]1c1ccc(Cl)cc1Cl. The van der Waals surface area contributed by atoms with Crippen LogP contribution in [0.25, 0.3) is 0 Å². The van der Waals surface area contributed by atoms with Crippen LogP contribution in [-0.2, 0) is 26.3 Å². The molecule has 5 rings (SSSR count). The van der Waals surface area contributed by atoms with E-state index < -0.39 is 40.0 Å². The number of hydrogen-bond donors (Lipinski definition) is 3. The number of benzene rings is 3. The maximum Gasteiger partial charge on any atom is 0.255 e. The van der Waals surface area contributed by atoms with Crippen molar-refractivity contribution in [3.63, 3.8) is 0 Å². The van der Waals surface area contributed by atoms with Gasteiger partial charge in [0.25, 0.3) is 11.8 Å². The maximum atomic E-state index is 14.3. The number of nitrogens with one attached hydrogen (secondary N) is 2. The van der Waals surface area contributed by atoms with Gasteiger partial charge in [-0.15, -0.1) is 0 Å². The van der Waals surface area contributed by atoms with Crippen molar-refractivity contribution in [2.75, 3.05) is 6.26 Å². The molecule has 1 fully saturated rings. The second-order valence-corrected chi connectivity index (χ2v) is 13.3. The van der Waals surface area contributed by atoms with Crippen LogP contribution in [0.5, 0.6) is 5.75 Å². The summed E-state index contributed by atoms with van der Waals surface area (Å²) < 4.78 is 27.4. The van der Waals surface area contributed by atoms with Gasteiger partial charge in [-0.2, -0.15) is 0 Å². The Bertz CT molecular complexity index is 1580. The molecule has 0 aromatic heterocycles. The van der Waals surface area contributed by atoms with Crippen molar-refractivity contribution in [1.29, 1.82) is 0 Å². The second-order valence-electron chi connectivity index (χ2n) is 10.7. The highest BCUT2D eigenvalue weighted by Gasteiger charge is 2.49. The van der Waals surface area contributed by atoms with Crippen LogP contribution in [0, 0.1) is 0 Å². The third-order valence-electron chi connectivity index (χ3n) is 7.74. The van der Waals surface area contributed by atoms with E-state index in [4.69, 9.17) is 28.0 Å². The number of sulfonamides is 1. The molecule has 12 heteroatoms. The van der Waals surface area contributed by atoms with Crippen LogP contribution in [0.1, 0.15) is 64.7 Å². The van der Waals surface area contributed by atoms with Gasteiger partial charge >= 0.3 is 0 Å². The summed E-state index contributed by atoms with van der Waals surface area (Å²) in [5.74, 6) is -1.65. The highest BCUT2D eigenvalue weighted by molar-refractivity contribution is 7.88. The number of amides is 2. The van der Waals surface area contributed by atoms with E-state index >= 15 is 0 Å². The van der Waals surface area contributed by atoms with Gasteiger partial charge < -0.3 is 10.0 Å². The maximum absolute atomic E-state index is 14.3. The number of hydrogen-bond acceptors (Lipinski definition) is 6. The predicted molar refractivity (Wildman–Crippen MR) is 160 cm³/mol. The average Bonchev–Trinajstić information content (AvgIpc) is 2.94. The minimum Gasteiger partial charge on any atom is -0.508 e. The van der Waals surface area contributed by atoms with Crippen LogP contribution in [0.4, 0.5) is 0 Å². The van der Waals surface area contributed by atoms with E-state index in [1.165, 1.54) is 12.1 Å². The van der Waals surface area contributed by atoms with Crippen LogP contribution < -0.4 is 10.2 Å². The Morgan fingerprint density at radius 2 is 1.74 bits per heavy atom. The van der Waals surface area contributed by atoms with Crippen LogP contribution >= 0.6 is 23.2 Å². The molecule has 222 valence electrons. The van der Waals surface area contributed by atoms with E-state index in [9.17, 15) is 23.1 Å². The Morgan fingerprint density at radius 3 is 2.45 bits per heavy atom. The van der Waals surface area contributed by atoms with Gasteiger partial charge in [0, 0.05) is 27.7 Å². The number of rotatable bonds is 8. The highest BCUT2D eigenvalue weighted by Crippen LogP contribution is 2.47. The van der Waals surface area contributed by atoms with Gasteiger partial charge in [0.1, 0.15) is 5.75 Å². The quantitative estimate of drug-likeness (QED) is 0.298. The first-order chi connectivity index (χ1) is 20.0. The summed E-state index contributed by atoms with van der Waals surface area (Å²) in [7, 11) is -3.59. The summed E-state index contributed by atoms with van der Waals surface area (Å²) in [6.07, 6.45) is 3.75. The standard InChI is InChI=1S/C30H31Cl2N3O6S/c1-42(39,40)34-25-8-4-5-9-26(25)35-28(23-15-12-19(31)16-24(23)32)27(21-6-2-3-7-22(21)30(35)38)29(37)33-41-17-18-10-13-20(36)14-11-18/h2-3,6-7,10-16,25-28,34,36H,4-5,8-9,17H2,1H3,(H,33,37)/t25-,26?,27+,28-/m0/s1. The molecule has 2 aliphatic rings. The van der Waals surface area contributed by atoms with E-state index in [0.717, 1.165) is 24.7 Å². The molecule has 1 aliphatic carbocycles. The number of phenolic OH excluding ortho intramolecular Hbond substituents is 1. The minimum absolute atomic E-state index is 0.0401. The highest BCUT2D eigenvalue weighted by atomic mass is 35.5. The van der Waals surface area contributed by atoms with Gasteiger partial charge in [-0.05, 0) is 59.9 Å². The largest absolute Gasteiger partial charge is 0.508 e. The number of fused-ring (bicyclic) bond motifs is 1. The molecule has 1 unspecified atom stereocenters. The Morgan fingerprint density at radius 1 is 1.02 bits per heavy atom. The van der Waals surface area contributed by atoms with Crippen LogP contribution in [0.2, 0.25) is 10.0 Å². The summed E-state index contributed by atoms with van der Waals surface area (Å²) in [6.45, 7) is 0.0401. The zero-order valence-corrected chi connectivity index (χ0v) is 25.1. The molecule has 1 heterocycles. The van der Waals surface area contributed by atoms with E-state index in [2.05, 4.69) is 10.2 Å². The third kappa shape index (κ3) is 6.58. The van der Waals surface area contributed by atoms with E-state index in [1.807, 2.05) is 0 Å². The summed E-state index contributed by atoms with van der Waals surface area (Å²) >= 11 is 13.0. The van der Waals surface area contributed by atoms with Crippen molar-refractivity contribution in [1.82, 2.24) is 15.1 Å². The fraction of sp³-hybridized carbons (Fsp3) is 0.333. The zero-order chi connectivity index (χ0) is 30.0. The lowest BCUT2D eigenvalue weighted by atomic mass is 9.76. The molecule has 0 bridgehead atoms. The van der Waals surface area contributed by atoms with Gasteiger partial charge in [0.05, 0.1) is 24.8 Å². The smallest absolute Gasteiger partial charge is 0.255 e. The fourth-order valence-electron chi connectivity index (χ4n) is 5.97. The molecule has 2 amide bonds. The number of nitrogens with zero attached hydrogens (tertiary/aromatic N) is 1. The van der Waals surface area contributed by atoms with E-state index in [1.54, 1.807) is 59.5 Å². The predicted octanol–water partition coefficient (Wildman–Crippen LogP) is 5.09. The molecule has 1 aliphatic heterocycles. The monoisotopic (exact) mass is 631 g/mol. The van der Waals surface area contributed by atoms with Gasteiger partial charge in [-0.1, -0.05) is 72.4 Å². The van der Waals surface area contributed by atoms with Gasteiger partial charge in [-0.3, -0.25) is 14.4 Å². The third-order valence-corrected chi connectivity index (χ3v) is 9.03. The molecule has 3 aromatic rings. The van der Waals surface area contributed by atoms with Gasteiger partial charge in [0.2, 0.25) is 10.0 Å². The molecule has 1 saturated carbocycles. The number of halogens is 2. The lowest BCUT2D eigenvalue weighted by Crippen LogP contribution is -2.59. The lowest BCUT2D eigenvalue weighted by Gasteiger charge is -2.49. The number of phenols is 1. The molecular formula is C30H31Cl2N3O6S. The van der Waals surface area contributed by atoms with Crippen molar-refractivity contribution < 1.29 is 28.0 Å². The number of carbonyl (C=O) groups excluding carboxylic acids is 2. The van der Waals surface area contributed by atoms with Crippen LogP contribution in [0.15, 0.2) is 66.7 Å². The molecule has 0 radical (unpaired) electrons. The van der Waals surface area contributed by atoms with Crippen molar-refractivity contribution in [3.05, 3.63) is 99.0 Å². The fourth-order valence-corrected chi connectivity index (χ4v) is 7.32. The second kappa shape index (κ2) is 12.6. The molecule has 3 N–H and O–H groups in total. The molecule has 42 heavy (non-hydrogen) atoms. The van der Waals surface area contributed by atoms with Gasteiger partial charge in [0.15, 0.2) is 0 Å². The first kappa shape index (κ1) is 30.3. The Balaban J connectivity index is 1.58. The summed E-state index contributed by atoms with van der Waals surface area (Å²) in [5, 5.41) is 10.2. The van der Waals surface area contributed by atoms with Crippen molar-refractivity contribution >= 4 is 45.0 Å². The van der Waals surface area contributed by atoms with Gasteiger partial charge in [-0.25, -0.2) is 18.6 Å². The number of carbonyl (C=O) groups is 2. The molecule has 0 spiro atoms. The van der Waals surface area contributed by atoms with Crippen molar-refractivity contribution in [3.8, 4) is 5.75 Å². The summed E-state index contributed by atoms with van der Waals surface area (Å²) in [4.78, 5) is 35.5. The van der Waals surface area contributed by atoms with E-state index in [-0.39, 0.29) is 23.3 Å². The minimum atomic E-state index is -3.59. The van der Waals surface area contributed by atoms with Crippen molar-refractivity contribution in [2.24, 2.45) is 0 Å². The van der Waals surface area contributed by atoms with Crippen LogP contribution in [-0.4, -0.2) is 48.6 Å². The lowest BCUT2D eigenvalue weighted by molar-refractivity contribution is -0.138. The number of hydroxylamine groups is 1.